The third-order valence-electron chi connectivity index (χ3n) is 8.74. The molecule has 0 bridgehead atoms. The van der Waals surface area contributed by atoms with E-state index in [0.717, 1.165) is 55.9 Å². The average molecular weight is 535 g/mol. The summed E-state index contributed by atoms with van der Waals surface area (Å²) in [6.07, 6.45) is 6.97. The number of para-hydroxylation sites is 2. The highest BCUT2D eigenvalue weighted by molar-refractivity contribution is 5.94. The molecule has 0 saturated heterocycles. The Balaban J connectivity index is 1.24. The molecule has 1 amide bonds. The Hall–Kier alpha value is -3.44. The Kier molecular flexibility index (Phi) is 8.01. The molecule has 3 aromatic carbocycles. The smallest absolute Gasteiger partial charge is 0.254 e. The van der Waals surface area contributed by atoms with Crippen LogP contribution in [0.5, 0.6) is 0 Å². The van der Waals surface area contributed by atoms with Gasteiger partial charge in [0, 0.05) is 37.8 Å². The van der Waals surface area contributed by atoms with Crippen molar-refractivity contribution in [2.45, 2.75) is 78.0 Å². The average Bonchev–Trinajstić information content (AvgIpc) is 3.62. The van der Waals surface area contributed by atoms with Crippen LogP contribution in [0, 0.1) is 5.92 Å². The molecule has 1 saturated carbocycles. The van der Waals surface area contributed by atoms with Gasteiger partial charge < -0.3 is 9.47 Å². The van der Waals surface area contributed by atoms with Crippen LogP contribution in [0.1, 0.15) is 84.9 Å². The zero-order valence-electron chi connectivity index (χ0n) is 24.1. The minimum absolute atomic E-state index is 0.108. The van der Waals surface area contributed by atoms with Gasteiger partial charge in [-0.15, -0.1) is 0 Å². The molecule has 1 aromatic heterocycles. The first-order valence-electron chi connectivity index (χ1n) is 15.2. The van der Waals surface area contributed by atoms with E-state index in [2.05, 4.69) is 90.0 Å². The maximum absolute atomic E-state index is 14.1. The fourth-order valence-electron chi connectivity index (χ4n) is 6.55. The lowest BCUT2D eigenvalue weighted by molar-refractivity contribution is 0.0728. The lowest BCUT2D eigenvalue weighted by Gasteiger charge is -2.29. The van der Waals surface area contributed by atoms with Crippen molar-refractivity contribution < 1.29 is 4.79 Å². The minimum atomic E-state index is 0.108. The molecule has 2 heterocycles. The van der Waals surface area contributed by atoms with Gasteiger partial charge in [-0.25, -0.2) is 4.98 Å². The summed E-state index contributed by atoms with van der Waals surface area (Å²) in [4.78, 5) is 23.7. The van der Waals surface area contributed by atoms with Gasteiger partial charge in [0.1, 0.15) is 5.82 Å². The predicted octanol–water partition coefficient (Wildman–Crippen LogP) is 7.40. The Morgan fingerprint density at radius 2 is 1.75 bits per heavy atom. The molecular formula is C35H42N4O. The summed E-state index contributed by atoms with van der Waals surface area (Å²) in [6.45, 7) is 8.61. The van der Waals surface area contributed by atoms with Crippen molar-refractivity contribution in [3.63, 3.8) is 0 Å². The van der Waals surface area contributed by atoms with Gasteiger partial charge in [-0.3, -0.25) is 9.69 Å². The monoisotopic (exact) mass is 534 g/mol. The summed E-state index contributed by atoms with van der Waals surface area (Å²) in [6, 6.07) is 26.0. The van der Waals surface area contributed by atoms with Crippen molar-refractivity contribution in [3.05, 3.63) is 101 Å². The molecule has 5 heteroatoms. The number of nitrogens with zero attached hydrogens (tertiary/aromatic N) is 4. The van der Waals surface area contributed by atoms with Crippen LogP contribution in [0.2, 0.25) is 0 Å². The van der Waals surface area contributed by atoms with Crippen LogP contribution in [0.3, 0.4) is 0 Å². The number of carbonyl (C=O) groups excluding carboxylic acids is 1. The Bertz CT molecular complexity index is 1470. The van der Waals surface area contributed by atoms with Crippen molar-refractivity contribution in [2.24, 2.45) is 5.92 Å². The molecule has 5 nitrogen and oxygen atoms in total. The van der Waals surface area contributed by atoms with Crippen LogP contribution in [0.15, 0.2) is 72.8 Å². The van der Waals surface area contributed by atoms with Crippen LogP contribution in [0.25, 0.3) is 11.0 Å². The second-order valence-corrected chi connectivity index (χ2v) is 12.2. The number of aromatic nitrogens is 2. The molecule has 1 aliphatic heterocycles. The first kappa shape index (κ1) is 26.8. The first-order chi connectivity index (χ1) is 19.5. The summed E-state index contributed by atoms with van der Waals surface area (Å²) in [5, 5.41) is 0. The molecule has 0 unspecified atom stereocenters. The lowest BCUT2D eigenvalue weighted by Crippen LogP contribution is -2.34. The molecule has 0 N–H and O–H groups in total. The molecule has 6 rings (SSSR count). The second kappa shape index (κ2) is 12.0. The highest BCUT2D eigenvalue weighted by Crippen LogP contribution is 2.34. The Morgan fingerprint density at radius 3 is 2.58 bits per heavy atom. The fourth-order valence-corrected chi connectivity index (χ4v) is 6.55. The minimum Gasteiger partial charge on any atom is -0.331 e. The summed E-state index contributed by atoms with van der Waals surface area (Å²) in [5.41, 5.74) is 7.10. The van der Waals surface area contributed by atoms with E-state index in [9.17, 15) is 4.79 Å². The van der Waals surface area contributed by atoms with Crippen LogP contribution in [-0.4, -0.2) is 38.3 Å². The SMILES string of the molecule is CC(C)CCN(Cc1nc2ccccc2n1C1CCCC1)C(=O)c1cccc(CN2CCc3ccccc3C2)c1. The van der Waals surface area contributed by atoms with Crippen molar-refractivity contribution in [1.82, 2.24) is 19.4 Å². The van der Waals surface area contributed by atoms with Crippen molar-refractivity contribution in [3.8, 4) is 0 Å². The third kappa shape index (κ3) is 5.85. The van der Waals surface area contributed by atoms with Gasteiger partial charge in [0.25, 0.3) is 5.91 Å². The van der Waals surface area contributed by atoms with E-state index in [1.54, 1.807) is 0 Å². The number of rotatable bonds is 9. The second-order valence-electron chi connectivity index (χ2n) is 12.2. The summed E-state index contributed by atoms with van der Waals surface area (Å²) in [7, 11) is 0. The quantitative estimate of drug-likeness (QED) is 0.225. The molecule has 4 aromatic rings. The van der Waals surface area contributed by atoms with Gasteiger partial charge in [-0.2, -0.15) is 0 Å². The van der Waals surface area contributed by atoms with Crippen LogP contribution >= 0.6 is 0 Å². The molecular weight excluding hydrogens is 492 g/mol. The zero-order valence-corrected chi connectivity index (χ0v) is 24.1. The van der Waals surface area contributed by atoms with E-state index in [4.69, 9.17) is 4.98 Å². The maximum Gasteiger partial charge on any atom is 0.254 e. The van der Waals surface area contributed by atoms with E-state index in [1.807, 2.05) is 11.0 Å². The van der Waals surface area contributed by atoms with E-state index in [-0.39, 0.29) is 5.91 Å². The van der Waals surface area contributed by atoms with E-state index in [1.165, 1.54) is 47.9 Å². The van der Waals surface area contributed by atoms with Crippen LogP contribution in [-0.2, 0) is 26.1 Å². The van der Waals surface area contributed by atoms with Gasteiger partial charge in [0.2, 0.25) is 0 Å². The number of hydrogen-bond acceptors (Lipinski definition) is 3. The molecule has 208 valence electrons. The molecule has 2 aliphatic rings. The lowest BCUT2D eigenvalue weighted by atomic mass is 9.99. The van der Waals surface area contributed by atoms with E-state index in [0.29, 0.717) is 18.5 Å². The fraction of sp³-hybridized carbons (Fsp3) is 0.429. The zero-order chi connectivity index (χ0) is 27.5. The molecule has 1 fully saturated rings. The van der Waals surface area contributed by atoms with Gasteiger partial charge >= 0.3 is 0 Å². The van der Waals surface area contributed by atoms with Gasteiger partial charge in [0.15, 0.2) is 0 Å². The van der Waals surface area contributed by atoms with Crippen LogP contribution < -0.4 is 0 Å². The van der Waals surface area contributed by atoms with Crippen LogP contribution in [0.4, 0.5) is 0 Å². The number of amides is 1. The standard InChI is InChI=1S/C35H42N4O/c1-26(2)18-21-38(25-34-36-32-16-7-8-17-33(32)39(34)31-14-5-6-15-31)35(40)29-13-9-10-27(22-29)23-37-20-19-28-11-3-4-12-30(28)24-37/h3-4,7-13,16-17,22,26,31H,5-6,14-15,18-21,23-25H2,1-2H3. The Morgan fingerprint density at radius 1 is 0.975 bits per heavy atom. The summed E-state index contributed by atoms with van der Waals surface area (Å²) in [5.74, 6) is 1.65. The molecule has 0 radical (unpaired) electrons. The first-order valence-corrected chi connectivity index (χ1v) is 15.2. The van der Waals surface area contributed by atoms with Crippen molar-refractivity contribution in [2.75, 3.05) is 13.1 Å². The van der Waals surface area contributed by atoms with Crippen molar-refractivity contribution >= 4 is 16.9 Å². The number of fused-ring (bicyclic) bond motifs is 2. The number of hydrogen-bond donors (Lipinski definition) is 0. The molecule has 0 atom stereocenters. The maximum atomic E-state index is 14.1. The van der Waals surface area contributed by atoms with Gasteiger partial charge in [-0.05, 0) is 72.6 Å². The largest absolute Gasteiger partial charge is 0.331 e. The predicted molar refractivity (Wildman–Crippen MR) is 162 cm³/mol. The molecule has 1 aliphatic carbocycles. The highest BCUT2D eigenvalue weighted by Gasteiger charge is 2.26. The number of carbonyl (C=O) groups is 1. The highest BCUT2D eigenvalue weighted by atomic mass is 16.2. The topological polar surface area (TPSA) is 41.4 Å². The number of benzene rings is 3. The number of imidazole rings is 1. The van der Waals surface area contributed by atoms with E-state index < -0.39 is 0 Å². The normalized spacial score (nSPS) is 16.1. The molecule has 40 heavy (non-hydrogen) atoms. The Labute approximate surface area is 238 Å². The summed E-state index contributed by atoms with van der Waals surface area (Å²) < 4.78 is 2.45. The van der Waals surface area contributed by atoms with E-state index >= 15 is 0 Å². The van der Waals surface area contributed by atoms with Gasteiger partial charge in [-0.1, -0.05) is 75.2 Å². The third-order valence-corrected chi connectivity index (χ3v) is 8.74. The van der Waals surface area contributed by atoms with Crippen molar-refractivity contribution in [1.29, 1.82) is 0 Å². The molecule has 0 spiro atoms. The van der Waals surface area contributed by atoms with Gasteiger partial charge in [0.05, 0.1) is 17.6 Å². The summed E-state index contributed by atoms with van der Waals surface area (Å²) >= 11 is 0.